The molecule has 3 nitrogen and oxygen atoms in total. The summed E-state index contributed by atoms with van der Waals surface area (Å²) in [7, 11) is 0. The Bertz CT molecular complexity index is 499. The molecule has 100 valence electrons. The molecule has 1 aliphatic carbocycles. The van der Waals surface area contributed by atoms with Gasteiger partial charge >= 0.3 is 0 Å². The van der Waals surface area contributed by atoms with Crippen molar-refractivity contribution in [2.24, 2.45) is 0 Å². The smallest absolute Gasteiger partial charge is 0.146 e. The van der Waals surface area contributed by atoms with E-state index in [1.165, 1.54) is 36.3 Å². The summed E-state index contributed by atoms with van der Waals surface area (Å²) >= 11 is 2.00. The molecule has 1 aromatic rings. The van der Waals surface area contributed by atoms with Crippen molar-refractivity contribution in [1.82, 2.24) is 4.98 Å². The maximum absolute atomic E-state index is 9.40. The Kier molecular flexibility index (Phi) is 3.93. The molecule has 0 saturated carbocycles. The molecule has 19 heavy (non-hydrogen) atoms. The third-order valence-electron chi connectivity index (χ3n) is 3.92. The van der Waals surface area contributed by atoms with Gasteiger partial charge in [0.2, 0.25) is 0 Å². The molecule has 1 saturated heterocycles. The van der Waals surface area contributed by atoms with Crippen LogP contribution >= 0.6 is 11.8 Å². The summed E-state index contributed by atoms with van der Waals surface area (Å²) in [5.74, 6) is 3.30. The van der Waals surface area contributed by atoms with Crippen LogP contribution in [0.5, 0.6) is 0 Å². The fraction of sp³-hybridized carbons (Fsp3) is 0.600. The average molecular weight is 273 g/mol. The predicted molar refractivity (Wildman–Crippen MR) is 79.7 cm³/mol. The highest BCUT2D eigenvalue weighted by Crippen LogP contribution is 2.27. The van der Waals surface area contributed by atoms with Crippen LogP contribution in [-0.4, -0.2) is 29.6 Å². The lowest BCUT2D eigenvalue weighted by Crippen LogP contribution is -2.28. The zero-order valence-corrected chi connectivity index (χ0v) is 12.0. The van der Waals surface area contributed by atoms with E-state index < -0.39 is 0 Å². The van der Waals surface area contributed by atoms with Gasteiger partial charge in [0.15, 0.2) is 0 Å². The largest absolute Gasteiger partial charge is 0.355 e. The van der Waals surface area contributed by atoms with Crippen molar-refractivity contribution in [2.75, 3.05) is 29.5 Å². The van der Waals surface area contributed by atoms with Gasteiger partial charge in [0.25, 0.3) is 0 Å². The van der Waals surface area contributed by atoms with Crippen molar-refractivity contribution >= 4 is 17.6 Å². The molecule has 2 aliphatic rings. The summed E-state index contributed by atoms with van der Waals surface area (Å²) in [4.78, 5) is 7.16. The van der Waals surface area contributed by atoms with Gasteiger partial charge in [0.05, 0.1) is 5.56 Å². The minimum Gasteiger partial charge on any atom is -0.355 e. The van der Waals surface area contributed by atoms with Crippen LogP contribution in [0.15, 0.2) is 6.07 Å². The number of pyridine rings is 1. The summed E-state index contributed by atoms with van der Waals surface area (Å²) in [5.41, 5.74) is 3.31. The lowest BCUT2D eigenvalue weighted by atomic mass is 9.95. The number of aromatic nitrogens is 1. The van der Waals surface area contributed by atoms with E-state index in [0.717, 1.165) is 43.1 Å². The summed E-state index contributed by atoms with van der Waals surface area (Å²) in [6, 6.07) is 4.44. The highest BCUT2D eigenvalue weighted by molar-refractivity contribution is 7.99. The van der Waals surface area contributed by atoms with Crippen molar-refractivity contribution < 1.29 is 0 Å². The molecule has 1 aromatic heterocycles. The molecule has 0 bridgehead atoms. The van der Waals surface area contributed by atoms with E-state index in [1.807, 2.05) is 11.8 Å². The lowest BCUT2D eigenvalue weighted by molar-refractivity contribution is 0.663. The third kappa shape index (κ3) is 2.71. The molecular weight excluding hydrogens is 254 g/mol. The van der Waals surface area contributed by atoms with Gasteiger partial charge < -0.3 is 4.90 Å². The zero-order valence-electron chi connectivity index (χ0n) is 11.2. The van der Waals surface area contributed by atoms with Crippen molar-refractivity contribution in [3.63, 3.8) is 0 Å². The number of nitrogens with zero attached hydrogens (tertiary/aromatic N) is 3. The molecule has 0 atom stereocenters. The Morgan fingerprint density at radius 2 is 2.05 bits per heavy atom. The second-order valence-corrected chi connectivity index (χ2v) is 6.46. The molecule has 1 fully saturated rings. The minimum absolute atomic E-state index is 0.771. The number of nitriles is 1. The fourth-order valence-electron chi connectivity index (χ4n) is 2.90. The Balaban J connectivity index is 1.96. The van der Waals surface area contributed by atoms with Crippen LogP contribution in [0.3, 0.4) is 0 Å². The van der Waals surface area contributed by atoms with Crippen molar-refractivity contribution in [3.8, 4) is 6.07 Å². The van der Waals surface area contributed by atoms with E-state index >= 15 is 0 Å². The Hall–Kier alpha value is -1.21. The van der Waals surface area contributed by atoms with E-state index in [9.17, 15) is 5.26 Å². The van der Waals surface area contributed by atoms with Crippen LogP contribution in [0, 0.1) is 11.3 Å². The topological polar surface area (TPSA) is 39.9 Å². The molecule has 0 radical (unpaired) electrons. The van der Waals surface area contributed by atoms with Crippen LogP contribution in [0.25, 0.3) is 0 Å². The van der Waals surface area contributed by atoms with E-state index in [4.69, 9.17) is 4.98 Å². The second-order valence-electron chi connectivity index (χ2n) is 5.24. The SMILES string of the molecule is N#Cc1cc2c(nc1N1CCCSCC1)CCCC2. The normalized spacial score (nSPS) is 19.4. The number of anilines is 1. The Morgan fingerprint density at radius 1 is 1.16 bits per heavy atom. The van der Waals surface area contributed by atoms with E-state index in [2.05, 4.69) is 17.0 Å². The van der Waals surface area contributed by atoms with E-state index in [1.54, 1.807) is 0 Å². The van der Waals surface area contributed by atoms with Gasteiger partial charge in [0.1, 0.15) is 11.9 Å². The first-order valence-electron chi connectivity index (χ1n) is 7.14. The van der Waals surface area contributed by atoms with Gasteiger partial charge in [-0.3, -0.25) is 0 Å². The maximum Gasteiger partial charge on any atom is 0.146 e. The number of fused-ring (bicyclic) bond motifs is 1. The number of hydrogen-bond acceptors (Lipinski definition) is 4. The molecule has 2 heterocycles. The minimum atomic E-state index is 0.771. The van der Waals surface area contributed by atoms with Crippen molar-refractivity contribution in [2.45, 2.75) is 32.1 Å². The quantitative estimate of drug-likeness (QED) is 0.789. The van der Waals surface area contributed by atoms with Gasteiger partial charge in [-0.1, -0.05) is 0 Å². The molecule has 0 amide bonds. The number of thioether (sulfide) groups is 1. The number of aryl methyl sites for hydroxylation is 2. The highest BCUT2D eigenvalue weighted by atomic mass is 32.2. The van der Waals surface area contributed by atoms with Crippen LogP contribution in [0.4, 0.5) is 5.82 Å². The van der Waals surface area contributed by atoms with Crippen molar-refractivity contribution in [3.05, 3.63) is 22.9 Å². The first-order chi connectivity index (χ1) is 9.38. The van der Waals surface area contributed by atoms with Gasteiger partial charge in [0, 0.05) is 24.5 Å². The molecule has 1 aliphatic heterocycles. The summed E-state index contributed by atoms with van der Waals surface area (Å²) < 4.78 is 0. The third-order valence-corrected chi connectivity index (χ3v) is 4.97. The molecule has 3 rings (SSSR count). The molecule has 0 unspecified atom stereocenters. The standard InChI is InChI=1S/C15H19N3S/c16-11-13-10-12-4-1-2-5-14(12)17-15(13)18-6-3-8-19-9-7-18/h10H,1-9H2. The first-order valence-corrected chi connectivity index (χ1v) is 8.29. The van der Waals surface area contributed by atoms with Crippen LogP contribution in [0.2, 0.25) is 0 Å². The van der Waals surface area contributed by atoms with Gasteiger partial charge in [-0.25, -0.2) is 4.98 Å². The monoisotopic (exact) mass is 273 g/mol. The maximum atomic E-state index is 9.40. The van der Waals surface area contributed by atoms with E-state index in [-0.39, 0.29) is 0 Å². The molecule has 4 heteroatoms. The number of rotatable bonds is 1. The van der Waals surface area contributed by atoms with Crippen LogP contribution in [-0.2, 0) is 12.8 Å². The van der Waals surface area contributed by atoms with Crippen LogP contribution in [0.1, 0.15) is 36.1 Å². The molecule has 0 N–H and O–H groups in total. The zero-order chi connectivity index (χ0) is 13.1. The predicted octanol–water partition coefficient (Wildman–Crippen LogP) is 2.78. The average Bonchev–Trinajstić information content (AvgIpc) is 2.74. The molecule has 0 spiro atoms. The van der Waals surface area contributed by atoms with Crippen LogP contribution < -0.4 is 4.90 Å². The Labute approximate surface area is 119 Å². The summed E-state index contributed by atoms with van der Waals surface area (Å²) in [5, 5.41) is 9.40. The lowest BCUT2D eigenvalue weighted by Gasteiger charge is -2.25. The van der Waals surface area contributed by atoms with Crippen molar-refractivity contribution in [1.29, 1.82) is 5.26 Å². The van der Waals surface area contributed by atoms with Gasteiger partial charge in [-0.05, 0) is 49.5 Å². The molecular formula is C15H19N3S. The Morgan fingerprint density at radius 3 is 2.95 bits per heavy atom. The summed E-state index contributed by atoms with van der Waals surface area (Å²) in [6.07, 6.45) is 5.83. The summed E-state index contributed by atoms with van der Waals surface area (Å²) in [6.45, 7) is 2.05. The first kappa shape index (κ1) is 12.8. The van der Waals surface area contributed by atoms with Gasteiger partial charge in [-0.2, -0.15) is 17.0 Å². The fourth-order valence-corrected chi connectivity index (χ4v) is 3.79. The second kappa shape index (κ2) is 5.83. The van der Waals surface area contributed by atoms with Gasteiger partial charge in [-0.15, -0.1) is 0 Å². The molecule has 0 aromatic carbocycles. The van der Waals surface area contributed by atoms with E-state index in [0.29, 0.717) is 0 Å². The highest BCUT2D eigenvalue weighted by Gasteiger charge is 2.19. The number of hydrogen-bond donors (Lipinski definition) is 0.